The van der Waals surface area contributed by atoms with Gasteiger partial charge in [-0.3, -0.25) is 9.88 Å². The maximum absolute atomic E-state index is 6.02. The molecule has 0 radical (unpaired) electrons. The molecule has 1 atom stereocenters. The van der Waals surface area contributed by atoms with Crippen LogP contribution >= 0.6 is 11.3 Å². The van der Waals surface area contributed by atoms with Crippen LogP contribution in [-0.4, -0.2) is 22.5 Å². The summed E-state index contributed by atoms with van der Waals surface area (Å²) in [6.07, 6.45) is 4.43. The van der Waals surface area contributed by atoms with E-state index < -0.39 is 0 Å². The molecule has 2 N–H and O–H groups in total. The van der Waals surface area contributed by atoms with Gasteiger partial charge in [0, 0.05) is 30.2 Å². The molecular formula is C15H19N3S. The summed E-state index contributed by atoms with van der Waals surface area (Å²) in [5, 5.41) is 2.14. The van der Waals surface area contributed by atoms with Crippen LogP contribution in [0.1, 0.15) is 29.5 Å². The monoisotopic (exact) mass is 273 g/mol. The van der Waals surface area contributed by atoms with Crippen molar-refractivity contribution in [3.63, 3.8) is 0 Å². The topological polar surface area (TPSA) is 42.1 Å². The minimum Gasteiger partial charge on any atom is -0.329 e. The third-order valence-electron chi connectivity index (χ3n) is 3.59. The van der Waals surface area contributed by atoms with Gasteiger partial charge in [-0.25, -0.2) is 0 Å². The third-order valence-corrected chi connectivity index (χ3v) is 4.45. The first-order chi connectivity index (χ1) is 9.38. The lowest BCUT2D eigenvalue weighted by Crippen LogP contribution is -2.35. The fourth-order valence-corrected chi connectivity index (χ4v) is 3.19. The molecule has 1 unspecified atom stereocenters. The van der Waals surface area contributed by atoms with Gasteiger partial charge in [-0.15, -0.1) is 11.3 Å². The second kappa shape index (κ2) is 5.82. The van der Waals surface area contributed by atoms with Crippen LogP contribution in [0, 0.1) is 0 Å². The van der Waals surface area contributed by atoms with Crippen molar-refractivity contribution in [3.8, 4) is 0 Å². The molecule has 3 rings (SSSR count). The van der Waals surface area contributed by atoms with Crippen LogP contribution in [0.2, 0.25) is 0 Å². The second-order valence-electron chi connectivity index (χ2n) is 4.99. The zero-order valence-electron chi connectivity index (χ0n) is 10.9. The standard InChI is InChI=1S/C15H19N3S/c16-10-15(14-5-1-2-8-17-14)18(12-6-7-12)11-13-4-3-9-19-13/h1-5,8-9,12,15H,6-7,10-11,16H2. The minimum absolute atomic E-state index is 0.232. The summed E-state index contributed by atoms with van der Waals surface area (Å²) < 4.78 is 0. The van der Waals surface area contributed by atoms with Crippen LogP contribution < -0.4 is 5.73 Å². The first-order valence-electron chi connectivity index (χ1n) is 6.77. The minimum atomic E-state index is 0.232. The van der Waals surface area contributed by atoms with Crippen molar-refractivity contribution in [2.24, 2.45) is 5.73 Å². The average molecular weight is 273 g/mol. The van der Waals surface area contributed by atoms with Crippen LogP contribution in [0.15, 0.2) is 41.9 Å². The highest BCUT2D eigenvalue weighted by Crippen LogP contribution is 2.35. The number of hydrogen-bond acceptors (Lipinski definition) is 4. The number of hydrogen-bond donors (Lipinski definition) is 1. The summed E-state index contributed by atoms with van der Waals surface area (Å²) in [6, 6.07) is 11.3. The van der Waals surface area contributed by atoms with Gasteiger partial charge in [0.05, 0.1) is 11.7 Å². The zero-order valence-corrected chi connectivity index (χ0v) is 11.7. The summed E-state index contributed by atoms with van der Waals surface area (Å²) in [4.78, 5) is 8.42. The Labute approximate surface area is 118 Å². The van der Waals surface area contributed by atoms with Crippen molar-refractivity contribution in [2.75, 3.05) is 6.54 Å². The predicted molar refractivity (Wildman–Crippen MR) is 78.9 cm³/mol. The molecule has 19 heavy (non-hydrogen) atoms. The highest BCUT2D eigenvalue weighted by atomic mass is 32.1. The number of nitrogens with zero attached hydrogens (tertiary/aromatic N) is 2. The molecule has 2 heterocycles. The van der Waals surface area contributed by atoms with E-state index in [1.165, 1.54) is 17.7 Å². The smallest absolute Gasteiger partial charge is 0.0650 e. The third kappa shape index (κ3) is 3.03. The van der Waals surface area contributed by atoms with Crippen molar-refractivity contribution in [3.05, 3.63) is 52.5 Å². The van der Waals surface area contributed by atoms with Gasteiger partial charge in [0.1, 0.15) is 0 Å². The number of thiophene rings is 1. The van der Waals surface area contributed by atoms with Crippen molar-refractivity contribution in [1.82, 2.24) is 9.88 Å². The maximum Gasteiger partial charge on any atom is 0.0650 e. The Bertz CT molecular complexity index is 493. The normalized spacial score (nSPS) is 16.7. The van der Waals surface area contributed by atoms with Crippen LogP contribution in [0.3, 0.4) is 0 Å². The average Bonchev–Trinajstić information content (AvgIpc) is 3.17. The number of pyridine rings is 1. The lowest BCUT2D eigenvalue weighted by molar-refractivity contribution is 0.180. The van der Waals surface area contributed by atoms with E-state index in [0.29, 0.717) is 12.6 Å². The first-order valence-corrected chi connectivity index (χ1v) is 7.65. The predicted octanol–water partition coefficient (Wildman–Crippen LogP) is 2.81. The maximum atomic E-state index is 6.02. The van der Waals surface area contributed by atoms with Crippen molar-refractivity contribution in [1.29, 1.82) is 0 Å². The van der Waals surface area contributed by atoms with Gasteiger partial charge in [-0.05, 0) is 36.4 Å². The van der Waals surface area contributed by atoms with Gasteiger partial charge in [0.2, 0.25) is 0 Å². The van der Waals surface area contributed by atoms with Crippen LogP contribution in [0.25, 0.3) is 0 Å². The number of nitrogens with two attached hydrogens (primary N) is 1. The largest absolute Gasteiger partial charge is 0.329 e. The second-order valence-corrected chi connectivity index (χ2v) is 6.02. The Kier molecular flexibility index (Phi) is 3.92. The molecule has 100 valence electrons. The molecule has 1 aliphatic rings. The molecule has 1 aliphatic carbocycles. The van der Waals surface area contributed by atoms with Gasteiger partial charge in [0.25, 0.3) is 0 Å². The summed E-state index contributed by atoms with van der Waals surface area (Å²) >= 11 is 1.82. The summed E-state index contributed by atoms with van der Waals surface area (Å²) in [6.45, 7) is 1.61. The molecule has 0 saturated heterocycles. The first kappa shape index (κ1) is 12.8. The summed E-state index contributed by atoms with van der Waals surface area (Å²) in [7, 11) is 0. The van der Waals surface area contributed by atoms with E-state index in [-0.39, 0.29) is 6.04 Å². The lowest BCUT2D eigenvalue weighted by Gasteiger charge is -2.30. The highest BCUT2D eigenvalue weighted by molar-refractivity contribution is 7.09. The van der Waals surface area contributed by atoms with Crippen LogP contribution in [0.5, 0.6) is 0 Å². The quantitative estimate of drug-likeness (QED) is 0.880. The van der Waals surface area contributed by atoms with Gasteiger partial charge in [-0.2, -0.15) is 0 Å². The van der Waals surface area contributed by atoms with E-state index in [9.17, 15) is 0 Å². The fourth-order valence-electron chi connectivity index (χ4n) is 2.48. The van der Waals surface area contributed by atoms with E-state index in [2.05, 4.69) is 33.5 Å². The molecule has 2 aromatic rings. The van der Waals surface area contributed by atoms with Crippen molar-refractivity contribution >= 4 is 11.3 Å². The lowest BCUT2D eigenvalue weighted by atomic mass is 10.1. The van der Waals surface area contributed by atoms with Crippen LogP contribution in [0.4, 0.5) is 0 Å². The van der Waals surface area contributed by atoms with E-state index in [1.54, 1.807) is 0 Å². The molecule has 4 heteroatoms. The van der Waals surface area contributed by atoms with Crippen molar-refractivity contribution in [2.45, 2.75) is 31.5 Å². The highest BCUT2D eigenvalue weighted by Gasteiger charge is 2.34. The molecule has 0 spiro atoms. The molecule has 0 amide bonds. The molecular weight excluding hydrogens is 254 g/mol. The van der Waals surface area contributed by atoms with Gasteiger partial charge in [-0.1, -0.05) is 12.1 Å². The van der Waals surface area contributed by atoms with Gasteiger partial charge < -0.3 is 5.73 Å². The SMILES string of the molecule is NCC(c1ccccn1)N(Cc1cccs1)C1CC1. The Morgan fingerprint density at radius 2 is 2.21 bits per heavy atom. The van der Waals surface area contributed by atoms with E-state index in [0.717, 1.165) is 12.2 Å². The van der Waals surface area contributed by atoms with E-state index >= 15 is 0 Å². The Morgan fingerprint density at radius 3 is 2.79 bits per heavy atom. The Morgan fingerprint density at radius 1 is 1.32 bits per heavy atom. The number of aromatic nitrogens is 1. The van der Waals surface area contributed by atoms with Gasteiger partial charge >= 0.3 is 0 Å². The zero-order chi connectivity index (χ0) is 13.1. The molecule has 3 nitrogen and oxygen atoms in total. The summed E-state index contributed by atoms with van der Waals surface area (Å²) in [5.41, 5.74) is 7.11. The molecule has 0 aromatic carbocycles. The molecule has 0 bridgehead atoms. The summed E-state index contributed by atoms with van der Waals surface area (Å²) in [5.74, 6) is 0. The Balaban J connectivity index is 1.81. The van der Waals surface area contributed by atoms with Gasteiger partial charge in [0.15, 0.2) is 0 Å². The fraction of sp³-hybridized carbons (Fsp3) is 0.400. The van der Waals surface area contributed by atoms with E-state index in [1.807, 2.05) is 29.7 Å². The molecule has 0 aliphatic heterocycles. The van der Waals surface area contributed by atoms with Crippen molar-refractivity contribution < 1.29 is 0 Å². The Hall–Kier alpha value is -1.23. The molecule has 1 fully saturated rings. The number of rotatable bonds is 6. The molecule has 2 aromatic heterocycles. The van der Waals surface area contributed by atoms with E-state index in [4.69, 9.17) is 5.73 Å². The van der Waals surface area contributed by atoms with Crippen LogP contribution in [-0.2, 0) is 6.54 Å². The molecule has 1 saturated carbocycles.